The summed E-state index contributed by atoms with van der Waals surface area (Å²) >= 11 is 0. The third-order valence-corrected chi connectivity index (χ3v) is 5.46. The molecule has 0 aromatic heterocycles. The molecule has 4 rings (SSSR count). The molecular formula is C17H22N2O. The molecular weight excluding hydrogens is 248 g/mol. The second-order valence-electron chi connectivity index (χ2n) is 6.73. The van der Waals surface area contributed by atoms with Crippen molar-refractivity contribution >= 4 is 11.6 Å². The van der Waals surface area contributed by atoms with E-state index in [2.05, 4.69) is 28.8 Å². The highest BCUT2D eigenvalue weighted by molar-refractivity contribution is 5.81. The van der Waals surface area contributed by atoms with Crippen molar-refractivity contribution in [2.75, 3.05) is 11.9 Å². The van der Waals surface area contributed by atoms with Crippen molar-refractivity contribution in [3.63, 3.8) is 0 Å². The van der Waals surface area contributed by atoms with Gasteiger partial charge in [-0.2, -0.15) is 0 Å². The number of hydrogen-bond acceptors (Lipinski definition) is 2. The van der Waals surface area contributed by atoms with Crippen LogP contribution in [-0.4, -0.2) is 18.5 Å². The summed E-state index contributed by atoms with van der Waals surface area (Å²) in [5.74, 6) is 1.98. The van der Waals surface area contributed by atoms with Crippen molar-refractivity contribution in [2.24, 2.45) is 17.8 Å². The standard InChI is InChI=1S/C17H22N2O/c20-17(19-16-8-11-5-6-13(16)7-11)14-9-12-3-1-2-4-15(12)18-10-14/h1-4,11,13-14,16,18H,5-10H2,(H,19,20). The van der Waals surface area contributed by atoms with E-state index < -0.39 is 0 Å². The Bertz CT molecular complexity index is 527. The van der Waals surface area contributed by atoms with E-state index in [1.54, 1.807) is 0 Å². The molecule has 0 spiro atoms. The SMILES string of the molecule is O=C(NC1CC2CCC1C2)C1CNc2ccccc2C1. The first-order valence-corrected chi connectivity index (χ1v) is 7.92. The zero-order valence-corrected chi connectivity index (χ0v) is 11.8. The summed E-state index contributed by atoms with van der Waals surface area (Å²) in [7, 11) is 0. The van der Waals surface area contributed by atoms with Crippen molar-refractivity contribution in [3.8, 4) is 0 Å². The van der Waals surface area contributed by atoms with Crippen LogP contribution in [0.15, 0.2) is 24.3 Å². The van der Waals surface area contributed by atoms with Crippen LogP contribution in [0.2, 0.25) is 0 Å². The summed E-state index contributed by atoms with van der Waals surface area (Å²) in [4.78, 5) is 12.5. The molecule has 2 N–H and O–H groups in total. The second kappa shape index (κ2) is 4.80. The molecule has 3 aliphatic rings. The van der Waals surface area contributed by atoms with Crippen LogP contribution < -0.4 is 10.6 Å². The van der Waals surface area contributed by atoms with E-state index in [1.165, 1.54) is 36.9 Å². The van der Waals surface area contributed by atoms with Crippen molar-refractivity contribution in [2.45, 2.75) is 38.1 Å². The number of fused-ring (bicyclic) bond motifs is 3. The summed E-state index contributed by atoms with van der Waals surface area (Å²) in [6.07, 6.45) is 6.14. The van der Waals surface area contributed by atoms with E-state index in [-0.39, 0.29) is 11.8 Å². The van der Waals surface area contributed by atoms with Gasteiger partial charge in [-0.05, 0) is 49.1 Å². The molecule has 1 aromatic rings. The van der Waals surface area contributed by atoms with Gasteiger partial charge in [0.25, 0.3) is 0 Å². The van der Waals surface area contributed by atoms with Gasteiger partial charge in [-0.3, -0.25) is 4.79 Å². The quantitative estimate of drug-likeness (QED) is 0.867. The number of para-hydroxylation sites is 1. The first-order valence-electron chi connectivity index (χ1n) is 7.92. The number of nitrogens with one attached hydrogen (secondary N) is 2. The van der Waals surface area contributed by atoms with Crippen LogP contribution in [0.3, 0.4) is 0 Å². The molecule has 3 heteroatoms. The van der Waals surface area contributed by atoms with Crippen molar-refractivity contribution in [3.05, 3.63) is 29.8 Å². The molecule has 20 heavy (non-hydrogen) atoms. The summed E-state index contributed by atoms with van der Waals surface area (Å²) < 4.78 is 0. The minimum atomic E-state index is 0.0871. The number of anilines is 1. The van der Waals surface area contributed by atoms with Crippen LogP contribution in [0.4, 0.5) is 5.69 Å². The van der Waals surface area contributed by atoms with Gasteiger partial charge in [0.1, 0.15) is 0 Å². The highest BCUT2D eigenvalue weighted by Crippen LogP contribution is 2.44. The zero-order chi connectivity index (χ0) is 13.5. The third kappa shape index (κ3) is 2.09. The molecule has 4 atom stereocenters. The fraction of sp³-hybridized carbons (Fsp3) is 0.588. The summed E-state index contributed by atoms with van der Waals surface area (Å²) in [6, 6.07) is 8.77. The number of benzene rings is 1. The summed E-state index contributed by atoms with van der Waals surface area (Å²) in [5.41, 5.74) is 2.46. The highest BCUT2D eigenvalue weighted by Gasteiger charge is 2.40. The maximum absolute atomic E-state index is 12.5. The third-order valence-electron chi connectivity index (χ3n) is 5.46. The fourth-order valence-corrected chi connectivity index (χ4v) is 4.35. The van der Waals surface area contributed by atoms with Gasteiger partial charge in [-0.25, -0.2) is 0 Å². The number of hydrogen-bond donors (Lipinski definition) is 2. The molecule has 2 aliphatic carbocycles. The minimum absolute atomic E-state index is 0.0871. The Morgan fingerprint density at radius 1 is 1.20 bits per heavy atom. The Hall–Kier alpha value is -1.51. The molecule has 1 amide bonds. The Kier molecular flexibility index (Phi) is 2.94. The Labute approximate surface area is 120 Å². The average Bonchev–Trinajstić information content (AvgIpc) is 3.09. The van der Waals surface area contributed by atoms with Gasteiger partial charge in [-0.15, -0.1) is 0 Å². The van der Waals surface area contributed by atoms with Gasteiger partial charge in [0.2, 0.25) is 5.91 Å². The largest absolute Gasteiger partial charge is 0.384 e. The molecule has 2 saturated carbocycles. The molecule has 1 aliphatic heterocycles. The second-order valence-corrected chi connectivity index (χ2v) is 6.73. The average molecular weight is 270 g/mol. The summed E-state index contributed by atoms with van der Waals surface area (Å²) in [6.45, 7) is 0.768. The van der Waals surface area contributed by atoms with Gasteiger partial charge in [0.05, 0.1) is 5.92 Å². The molecule has 1 aromatic carbocycles. The fourth-order valence-electron chi connectivity index (χ4n) is 4.35. The molecule has 4 unspecified atom stereocenters. The monoisotopic (exact) mass is 270 g/mol. The van der Waals surface area contributed by atoms with Crippen molar-refractivity contribution < 1.29 is 4.79 Å². The maximum atomic E-state index is 12.5. The Morgan fingerprint density at radius 3 is 2.90 bits per heavy atom. The van der Waals surface area contributed by atoms with Crippen LogP contribution in [0.5, 0.6) is 0 Å². The number of carbonyl (C=O) groups excluding carboxylic acids is 1. The number of carbonyl (C=O) groups is 1. The zero-order valence-electron chi connectivity index (χ0n) is 11.8. The van der Waals surface area contributed by atoms with E-state index in [0.717, 1.165) is 24.8 Å². The van der Waals surface area contributed by atoms with Crippen LogP contribution in [-0.2, 0) is 11.2 Å². The number of rotatable bonds is 2. The molecule has 1 heterocycles. The predicted molar refractivity (Wildman–Crippen MR) is 79.5 cm³/mol. The van der Waals surface area contributed by atoms with Gasteiger partial charge in [0.15, 0.2) is 0 Å². The van der Waals surface area contributed by atoms with E-state index >= 15 is 0 Å². The molecule has 3 nitrogen and oxygen atoms in total. The van der Waals surface area contributed by atoms with Gasteiger partial charge < -0.3 is 10.6 Å². The lowest BCUT2D eigenvalue weighted by Gasteiger charge is -2.29. The molecule has 2 bridgehead atoms. The Morgan fingerprint density at radius 2 is 2.10 bits per heavy atom. The predicted octanol–water partition coefficient (Wildman–Crippen LogP) is 2.58. The lowest BCUT2D eigenvalue weighted by Crippen LogP contribution is -2.45. The normalized spacial score (nSPS) is 34.4. The van der Waals surface area contributed by atoms with Gasteiger partial charge in [-0.1, -0.05) is 24.6 Å². The van der Waals surface area contributed by atoms with Crippen LogP contribution in [0.25, 0.3) is 0 Å². The van der Waals surface area contributed by atoms with Crippen molar-refractivity contribution in [1.82, 2.24) is 5.32 Å². The minimum Gasteiger partial charge on any atom is -0.384 e. The van der Waals surface area contributed by atoms with Crippen LogP contribution in [0, 0.1) is 17.8 Å². The van der Waals surface area contributed by atoms with Crippen LogP contribution in [0.1, 0.15) is 31.2 Å². The molecule has 2 fully saturated rings. The summed E-state index contributed by atoms with van der Waals surface area (Å²) in [5, 5.41) is 6.72. The first kappa shape index (κ1) is 12.2. The maximum Gasteiger partial charge on any atom is 0.225 e. The highest BCUT2D eigenvalue weighted by atomic mass is 16.2. The lowest BCUT2D eigenvalue weighted by molar-refractivity contribution is -0.125. The van der Waals surface area contributed by atoms with E-state index in [0.29, 0.717) is 6.04 Å². The van der Waals surface area contributed by atoms with E-state index in [9.17, 15) is 4.79 Å². The first-order chi connectivity index (χ1) is 9.79. The van der Waals surface area contributed by atoms with Gasteiger partial charge in [0, 0.05) is 18.3 Å². The smallest absolute Gasteiger partial charge is 0.225 e. The Balaban J connectivity index is 1.40. The molecule has 0 saturated heterocycles. The van der Waals surface area contributed by atoms with Crippen molar-refractivity contribution in [1.29, 1.82) is 0 Å². The number of amides is 1. The van der Waals surface area contributed by atoms with Gasteiger partial charge >= 0.3 is 0 Å². The topological polar surface area (TPSA) is 41.1 Å². The van der Waals surface area contributed by atoms with Crippen LogP contribution >= 0.6 is 0 Å². The lowest BCUT2D eigenvalue weighted by atomic mass is 9.91. The molecule has 0 radical (unpaired) electrons. The molecule has 106 valence electrons. The van der Waals surface area contributed by atoms with E-state index in [1.807, 2.05) is 6.07 Å². The van der Waals surface area contributed by atoms with E-state index in [4.69, 9.17) is 0 Å².